The third-order valence-electron chi connectivity index (χ3n) is 3.40. The summed E-state index contributed by atoms with van der Waals surface area (Å²) in [4.78, 5) is 11.8. The maximum absolute atomic E-state index is 11.8. The Morgan fingerprint density at radius 1 is 1.22 bits per heavy atom. The third kappa shape index (κ3) is 3.30. The zero-order valence-corrected chi connectivity index (χ0v) is 11.7. The number of phenolic OH excluding ortho intramolecular Hbond substituents is 3. The normalized spacial score (nSPS) is 30.9. The number of carbonyl (C=O) groups is 1. The average molecular weight is 332 g/mol. The van der Waals surface area contributed by atoms with Crippen LogP contribution in [0.2, 0.25) is 0 Å². The van der Waals surface area contributed by atoms with Gasteiger partial charge in [-0.2, -0.15) is 0 Å². The van der Waals surface area contributed by atoms with E-state index in [1.54, 1.807) is 0 Å². The van der Waals surface area contributed by atoms with Crippen LogP contribution in [0.1, 0.15) is 10.4 Å². The minimum Gasteiger partial charge on any atom is -0.504 e. The molecule has 10 heteroatoms. The van der Waals surface area contributed by atoms with Gasteiger partial charge in [0, 0.05) is 0 Å². The van der Waals surface area contributed by atoms with Gasteiger partial charge in [-0.3, -0.25) is 0 Å². The Labute approximate surface area is 129 Å². The first-order chi connectivity index (χ1) is 10.7. The predicted molar refractivity (Wildman–Crippen MR) is 70.6 cm³/mol. The molecule has 23 heavy (non-hydrogen) atoms. The molecule has 0 spiro atoms. The molecule has 0 radical (unpaired) electrons. The van der Waals surface area contributed by atoms with Gasteiger partial charge >= 0.3 is 5.97 Å². The molecule has 4 atom stereocenters. The summed E-state index contributed by atoms with van der Waals surface area (Å²) >= 11 is 0. The van der Waals surface area contributed by atoms with Crippen LogP contribution in [0, 0.1) is 0 Å². The molecule has 7 N–H and O–H groups in total. The van der Waals surface area contributed by atoms with Crippen molar-refractivity contribution in [3.8, 4) is 17.2 Å². The molecule has 1 aliphatic rings. The number of esters is 1. The SMILES string of the molecule is O=C(OCC1(O)OCC(O)C(O)C1O)c1cc(O)c(O)c(O)c1. The fraction of sp³-hybridized carbons (Fsp3) is 0.462. The van der Waals surface area contributed by atoms with Gasteiger partial charge in [0.15, 0.2) is 17.2 Å². The molecule has 1 aromatic carbocycles. The fourth-order valence-electron chi connectivity index (χ4n) is 1.99. The van der Waals surface area contributed by atoms with Crippen LogP contribution in [-0.4, -0.2) is 79.0 Å². The van der Waals surface area contributed by atoms with Crippen molar-refractivity contribution in [2.75, 3.05) is 13.2 Å². The highest BCUT2D eigenvalue weighted by Crippen LogP contribution is 2.35. The highest BCUT2D eigenvalue weighted by molar-refractivity contribution is 5.91. The van der Waals surface area contributed by atoms with Crippen LogP contribution in [0.5, 0.6) is 17.2 Å². The van der Waals surface area contributed by atoms with E-state index in [0.29, 0.717) is 0 Å². The summed E-state index contributed by atoms with van der Waals surface area (Å²) in [5, 5.41) is 66.3. The van der Waals surface area contributed by atoms with E-state index in [9.17, 15) is 40.5 Å². The Morgan fingerprint density at radius 2 is 1.78 bits per heavy atom. The molecule has 1 saturated heterocycles. The molecule has 10 nitrogen and oxygen atoms in total. The first-order valence-corrected chi connectivity index (χ1v) is 6.48. The molecule has 0 saturated carbocycles. The lowest BCUT2D eigenvalue weighted by molar-refractivity contribution is -0.330. The van der Waals surface area contributed by atoms with Crippen LogP contribution in [0.3, 0.4) is 0 Å². The summed E-state index contributed by atoms with van der Waals surface area (Å²) in [7, 11) is 0. The number of hydrogen-bond donors (Lipinski definition) is 7. The zero-order chi connectivity index (χ0) is 17.4. The Balaban J connectivity index is 2.07. The van der Waals surface area contributed by atoms with Crippen LogP contribution in [0.4, 0.5) is 0 Å². The molecular weight excluding hydrogens is 316 g/mol. The summed E-state index contributed by atoms with van der Waals surface area (Å²) in [6.07, 6.45) is -5.04. The number of aliphatic hydroxyl groups is 4. The Bertz CT molecular complexity index is 579. The summed E-state index contributed by atoms with van der Waals surface area (Å²) < 4.78 is 9.50. The number of ether oxygens (including phenoxy) is 2. The van der Waals surface area contributed by atoms with E-state index in [1.165, 1.54) is 0 Å². The number of hydrogen-bond acceptors (Lipinski definition) is 10. The van der Waals surface area contributed by atoms with E-state index in [2.05, 4.69) is 0 Å². The van der Waals surface area contributed by atoms with Crippen molar-refractivity contribution in [3.05, 3.63) is 17.7 Å². The lowest BCUT2D eigenvalue weighted by atomic mass is 9.97. The number of carbonyl (C=O) groups excluding carboxylic acids is 1. The molecule has 1 fully saturated rings. The van der Waals surface area contributed by atoms with Crippen LogP contribution in [0.15, 0.2) is 12.1 Å². The molecule has 128 valence electrons. The van der Waals surface area contributed by atoms with Crippen molar-refractivity contribution >= 4 is 5.97 Å². The molecule has 1 aromatic rings. The van der Waals surface area contributed by atoms with E-state index < -0.39 is 60.5 Å². The Kier molecular flexibility index (Phi) is 4.63. The predicted octanol–water partition coefficient (Wildman–Crippen LogP) is -2.24. The van der Waals surface area contributed by atoms with Gasteiger partial charge in [-0.25, -0.2) is 4.79 Å². The average Bonchev–Trinajstić information content (AvgIpc) is 2.52. The van der Waals surface area contributed by atoms with Crippen LogP contribution >= 0.6 is 0 Å². The van der Waals surface area contributed by atoms with Crippen molar-refractivity contribution in [1.82, 2.24) is 0 Å². The second kappa shape index (κ2) is 6.18. The van der Waals surface area contributed by atoms with Crippen molar-refractivity contribution in [3.63, 3.8) is 0 Å². The molecule has 0 amide bonds. The molecule has 0 bridgehead atoms. The van der Waals surface area contributed by atoms with Crippen molar-refractivity contribution in [1.29, 1.82) is 0 Å². The maximum atomic E-state index is 11.8. The van der Waals surface area contributed by atoms with Gasteiger partial charge in [0.05, 0.1) is 12.2 Å². The summed E-state index contributed by atoms with van der Waals surface area (Å²) in [6.45, 7) is -1.38. The largest absolute Gasteiger partial charge is 0.504 e. The maximum Gasteiger partial charge on any atom is 0.338 e. The molecule has 2 rings (SSSR count). The summed E-state index contributed by atoms with van der Waals surface area (Å²) in [5.74, 6) is -5.88. The highest BCUT2D eigenvalue weighted by Gasteiger charge is 2.49. The second-order valence-corrected chi connectivity index (χ2v) is 5.10. The number of aromatic hydroxyl groups is 3. The number of benzene rings is 1. The van der Waals surface area contributed by atoms with Gasteiger partial charge in [-0.1, -0.05) is 0 Å². The monoisotopic (exact) mass is 332 g/mol. The Hall–Kier alpha value is -2.11. The lowest BCUT2D eigenvalue weighted by Crippen LogP contribution is -2.63. The van der Waals surface area contributed by atoms with Crippen LogP contribution in [0.25, 0.3) is 0 Å². The minimum atomic E-state index is -2.44. The van der Waals surface area contributed by atoms with Crippen molar-refractivity contribution in [2.24, 2.45) is 0 Å². The first kappa shape index (κ1) is 17.2. The quantitative estimate of drug-likeness (QED) is 0.236. The lowest BCUT2D eigenvalue weighted by Gasteiger charge is -2.40. The van der Waals surface area contributed by atoms with Crippen molar-refractivity contribution in [2.45, 2.75) is 24.1 Å². The molecule has 1 heterocycles. The van der Waals surface area contributed by atoms with E-state index in [1.807, 2.05) is 0 Å². The topological polar surface area (TPSA) is 177 Å². The summed E-state index contributed by atoms with van der Waals surface area (Å²) in [5.41, 5.74) is -0.340. The molecule has 0 aliphatic carbocycles. The van der Waals surface area contributed by atoms with E-state index in [-0.39, 0.29) is 5.56 Å². The van der Waals surface area contributed by atoms with E-state index in [0.717, 1.165) is 12.1 Å². The molecule has 4 unspecified atom stereocenters. The number of phenols is 3. The van der Waals surface area contributed by atoms with Crippen LogP contribution < -0.4 is 0 Å². The van der Waals surface area contributed by atoms with Gasteiger partial charge in [0.2, 0.25) is 5.79 Å². The fourth-order valence-corrected chi connectivity index (χ4v) is 1.99. The third-order valence-corrected chi connectivity index (χ3v) is 3.40. The smallest absolute Gasteiger partial charge is 0.338 e. The number of rotatable bonds is 3. The second-order valence-electron chi connectivity index (χ2n) is 5.10. The van der Waals surface area contributed by atoms with Gasteiger partial charge in [-0.05, 0) is 12.1 Å². The molecule has 1 aliphatic heterocycles. The first-order valence-electron chi connectivity index (χ1n) is 6.48. The zero-order valence-electron chi connectivity index (χ0n) is 11.7. The van der Waals surface area contributed by atoms with Gasteiger partial charge in [0.1, 0.15) is 24.9 Å². The van der Waals surface area contributed by atoms with Crippen molar-refractivity contribution < 1.29 is 50.0 Å². The molecule has 0 aromatic heterocycles. The standard InChI is InChI=1S/C13H16O10/c14-6-1-5(2-7(15)9(6)17)12(20)22-4-13(21)11(19)10(18)8(16)3-23-13/h1-2,8,10-11,14-19,21H,3-4H2. The van der Waals surface area contributed by atoms with E-state index in [4.69, 9.17) is 9.47 Å². The highest BCUT2D eigenvalue weighted by atomic mass is 16.7. The van der Waals surface area contributed by atoms with Gasteiger partial charge < -0.3 is 45.2 Å². The van der Waals surface area contributed by atoms with E-state index >= 15 is 0 Å². The minimum absolute atomic E-state index is 0.340. The van der Waals surface area contributed by atoms with Crippen LogP contribution in [-0.2, 0) is 9.47 Å². The Morgan fingerprint density at radius 3 is 2.35 bits per heavy atom. The van der Waals surface area contributed by atoms with Gasteiger partial charge in [-0.15, -0.1) is 0 Å². The number of aliphatic hydroxyl groups excluding tert-OH is 3. The van der Waals surface area contributed by atoms with Gasteiger partial charge in [0.25, 0.3) is 0 Å². The summed E-state index contributed by atoms with van der Waals surface area (Å²) in [6, 6.07) is 1.64. The molecular formula is C13H16O10.